The molecular formula is C14H23N3O2. The van der Waals surface area contributed by atoms with E-state index in [1.165, 1.54) is 0 Å². The van der Waals surface area contributed by atoms with E-state index in [1.807, 2.05) is 25.2 Å². The number of rotatable bonds is 8. The van der Waals surface area contributed by atoms with Crippen molar-refractivity contribution in [2.75, 3.05) is 27.2 Å². The molecule has 0 aliphatic carbocycles. The molecule has 0 saturated carbocycles. The first-order chi connectivity index (χ1) is 8.98. The van der Waals surface area contributed by atoms with Gasteiger partial charge in [-0.1, -0.05) is 6.07 Å². The Bertz CT molecular complexity index is 397. The first-order valence-corrected chi connectivity index (χ1v) is 6.48. The molecule has 0 bridgehead atoms. The van der Waals surface area contributed by atoms with E-state index in [0.717, 1.165) is 25.2 Å². The van der Waals surface area contributed by atoms with Gasteiger partial charge in [0, 0.05) is 31.4 Å². The summed E-state index contributed by atoms with van der Waals surface area (Å²) in [5, 5.41) is 12.0. The molecule has 1 rings (SSSR count). The zero-order valence-corrected chi connectivity index (χ0v) is 11.9. The SMILES string of the molecule is CNC(C)(CCN(C)CCc1ccccn1)C(=O)O. The van der Waals surface area contributed by atoms with E-state index in [0.29, 0.717) is 6.42 Å². The number of likely N-dealkylation sites (N-methyl/N-ethyl adjacent to an activating group) is 2. The Morgan fingerprint density at radius 2 is 2.21 bits per heavy atom. The number of nitrogens with one attached hydrogen (secondary N) is 1. The summed E-state index contributed by atoms with van der Waals surface area (Å²) in [6.07, 6.45) is 3.23. The molecule has 0 aliphatic rings. The van der Waals surface area contributed by atoms with Crippen LogP contribution in [0.3, 0.4) is 0 Å². The second kappa shape index (κ2) is 7.21. The van der Waals surface area contributed by atoms with E-state index in [2.05, 4.69) is 15.2 Å². The average Bonchev–Trinajstić information content (AvgIpc) is 2.43. The lowest BCUT2D eigenvalue weighted by molar-refractivity contribution is -0.144. The normalized spacial score (nSPS) is 14.3. The Morgan fingerprint density at radius 3 is 2.74 bits per heavy atom. The molecule has 1 atom stereocenters. The molecule has 106 valence electrons. The zero-order chi connectivity index (χ0) is 14.3. The molecule has 1 aromatic heterocycles. The van der Waals surface area contributed by atoms with Crippen LogP contribution in [0, 0.1) is 0 Å². The maximum absolute atomic E-state index is 11.2. The minimum Gasteiger partial charge on any atom is -0.480 e. The molecule has 0 fully saturated rings. The predicted octanol–water partition coefficient (Wildman–Crippen LogP) is 1.01. The van der Waals surface area contributed by atoms with Crippen LogP contribution in [0.25, 0.3) is 0 Å². The van der Waals surface area contributed by atoms with Crippen molar-refractivity contribution < 1.29 is 9.90 Å². The van der Waals surface area contributed by atoms with Crippen molar-refractivity contribution >= 4 is 5.97 Å². The number of aromatic nitrogens is 1. The van der Waals surface area contributed by atoms with Crippen LogP contribution in [0.2, 0.25) is 0 Å². The minimum absolute atomic E-state index is 0.567. The lowest BCUT2D eigenvalue weighted by Gasteiger charge is -2.27. The fourth-order valence-corrected chi connectivity index (χ4v) is 1.72. The topological polar surface area (TPSA) is 65.5 Å². The van der Waals surface area contributed by atoms with E-state index < -0.39 is 11.5 Å². The lowest BCUT2D eigenvalue weighted by atomic mass is 9.98. The van der Waals surface area contributed by atoms with Gasteiger partial charge in [0.25, 0.3) is 0 Å². The van der Waals surface area contributed by atoms with E-state index in [4.69, 9.17) is 5.11 Å². The number of nitrogens with zero attached hydrogens (tertiary/aromatic N) is 2. The molecule has 1 heterocycles. The van der Waals surface area contributed by atoms with Gasteiger partial charge in [0.05, 0.1) is 0 Å². The number of aliphatic carboxylic acids is 1. The predicted molar refractivity (Wildman–Crippen MR) is 75.2 cm³/mol. The highest BCUT2D eigenvalue weighted by molar-refractivity contribution is 5.78. The first-order valence-electron chi connectivity index (χ1n) is 6.48. The van der Waals surface area contributed by atoms with Crippen LogP contribution in [0.15, 0.2) is 24.4 Å². The number of carboxylic acid groups (broad SMARTS) is 1. The van der Waals surface area contributed by atoms with Crippen LogP contribution in [0.1, 0.15) is 19.0 Å². The number of hydrogen-bond donors (Lipinski definition) is 2. The lowest BCUT2D eigenvalue weighted by Crippen LogP contribution is -2.49. The number of carboxylic acids is 1. The maximum Gasteiger partial charge on any atom is 0.323 e. The van der Waals surface area contributed by atoms with Crippen LogP contribution in [-0.2, 0) is 11.2 Å². The van der Waals surface area contributed by atoms with E-state index in [9.17, 15) is 4.79 Å². The quantitative estimate of drug-likeness (QED) is 0.734. The molecular weight excluding hydrogens is 242 g/mol. The van der Waals surface area contributed by atoms with E-state index in [-0.39, 0.29) is 0 Å². The van der Waals surface area contributed by atoms with Gasteiger partial charge in [-0.25, -0.2) is 0 Å². The van der Waals surface area contributed by atoms with Crippen molar-refractivity contribution in [3.63, 3.8) is 0 Å². The van der Waals surface area contributed by atoms with Gasteiger partial charge in [-0.15, -0.1) is 0 Å². The third kappa shape index (κ3) is 4.96. The Morgan fingerprint density at radius 1 is 1.47 bits per heavy atom. The van der Waals surface area contributed by atoms with Crippen LogP contribution >= 0.6 is 0 Å². The molecule has 0 amide bonds. The molecule has 0 saturated heterocycles. The third-order valence-electron chi connectivity index (χ3n) is 3.49. The molecule has 19 heavy (non-hydrogen) atoms. The highest BCUT2D eigenvalue weighted by Gasteiger charge is 2.30. The average molecular weight is 265 g/mol. The highest BCUT2D eigenvalue weighted by Crippen LogP contribution is 2.10. The summed E-state index contributed by atoms with van der Waals surface area (Å²) in [4.78, 5) is 17.6. The van der Waals surface area contributed by atoms with Gasteiger partial charge in [0.1, 0.15) is 5.54 Å². The molecule has 0 aromatic carbocycles. The van der Waals surface area contributed by atoms with Crippen molar-refractivity contribution in [2.45, 2.75) is 25.3 Å². The number of hydrogen-bond acceptors (Lipinski definition) is 4. The Balaban J connectivity index is 2.35. The molecule has 0 spiro atoms. The first kappa shape index (κ1) is 15.6. The molecule has 5 nitrogen and oxygen atoms in total. The van der Waals surface area contributed by atoms with Gasteiger partial charge in [0.15, 0.2) is 0 Å². The standard InChI is InChI=1S/C14H23N3O2/c1-14(15-2,13(18)19)8-11-17(3)10-7-12-6-4-5-9-16-12/h4-6,9,15H,7-8,10-11H2,1-3H3,(H,18,19). The van der Waals surface area contributed by atoms with Crippen molar-refractivity contribution in [3.05, 3.63) is 30.1 Å². The minimum atomic E-state index is -0.862. The van der Waals surface area contributed by atoms with Gasteiger partial charge in [0.2, 0.25) is 0 Å². The van der Waals surface area contributed by atoms with Crippen LogP contribution in [0.4, 0.5) is 0 Å². The van der Waals surface area contributed by atoms with Gasteiger partial charge in [-0.05, 0) is 39.6 Å². The van der Waals surface area contributed by atoms with E-state index >= 15 is 0 Å². The van der Waals surface area contributed by atoms with Gasteiger partial charge < -0.3 is 15.3 Å². The molecule has 0 radical (unpaired) electrons. The zero-order valence-electron chi connectivity index (χ0n) is 11.9. The summed E-state index contributed by atoms with van der Waals surface area (Å²) in [7, 11) is 3.68. The number of carbonyl (C=O) groups is 1. The van der Waals surface area contributed by atoms with Crippen LogP contribution in [-0.4, -0.2) is 53.7 Å². The summed E-state index contributed by atoms with van der Waals surface area (Å²) in [5.74, 6) is -0.812. The monoisotopic (exact) mass is 265 g/mol. The second-order valence-electron chi connectivity index (χ2n) is 5.01. The second-order valence-corrected chi connectivity index (χ2v) is 5.01. The molecule has 2 N–H and O–H groups in total. The Hall–Kier alpha value is -1.46. The fraction of sp³-hybridized carbons (Fsp3) is 0.571. The van der Waals surface area contributed by atoms with Crippen molar-refractivity contribution in [1.82, 2.24) is 15.2 Å². The summed E-state index contributed by atoms with van der Waals surface area (Å²) in [6.45, 7) is 3.31. The number of pyridine rings is 1. The molecule has 0 aliphatic heterocycles. The summed E-state index contributed by atoms with van der Waals surface area (Å²) >= 11 is 0. The third-order valence-corrected chi connectivity index (χ3v) is 3.49. The molecule has 1 aromatic rings. The maximum atomic E-state index is 11.2. The van der Waals surface area contributed by atoms with Gasteiger partial charge in [-0.3, -0.25) is 9.78 Å². The largest absolute Gasteiger partial charge is 0.480 e. The smallest absolute Gasteiger partial charge is 0.323 e. The van der Waals surface area contributed by atoms with Crippen LogP contribution in [0.5, 0.6) is 0 Å². The Labute approximate surface area is 114 Å². The van der Waals surface area contributed by atoms with Gasteiger partial charge >= 0.3 is 5.97 Å². The van der Waals surface area contributed by atoms with Crippen molar-refractivity contribution in [3.8, 4) is 0 Å². The van der Waals surface area contributed by atoms with Gasteiger partial charge in [-0.2, -0.15) is 0 Å². The highest BCUT2D eigenvalue weighted by atomic mass is 16.4. The van der Waals surface area contributed by atoms with Crippen LogP contribution < -0.4 is 5.32 Å². The molecule has 5 heteroatoms. The summed E-state index contributed by atoms with van der Waals surface area (Å²) in [6, 6.07) is 5.88. The van der Waals surface area contributed by atoms with Crippen molar-refractivity contribution in [1.29, 1.82) is 0 Å². The van der Waals surface area contributed by atoms with Crippen molar-refractivity contribution in [2.24, 2.45) is 0 Å². The molecule has 1 unspecified atom stereocenters. The summed E-state index contributed by atoms with van der Waals surface area (Å²) in [5.41, 5.74) is 0.197. The van der Waals surface area contributed by atoms with E-state index in [1.54, 1.807) is 20.2 Å². The fourth-order valence-electron chi connectivity index (χ4n) is 1.72. The summed E-state index contributed by atoms with van der Waals surface area (Å²) < 4.78 is 0. The Kier molecular flexibility index (Phi) is 5.92.